The maximum Gasteiger partial charge on any atom is 0.131 e. The van der Waals surface area contributed by atoms with Gasteiger partial charge in [-0.3, -0.25) is 0 Å². The summed E-state index contributed by atoms with van der Waals surface area (Å²) in [6.45, 7) is 4.53. The molecule has 170 valence electrons. The molecule has 4 aromatic rings. The minimum atomic E-state index is -2.02. The van der Waals surface area contributed by atoms with Gasteiger partial charge in [-0.25, -0.2) is 0 Å². The topological polar surface area (TPSA) is 0 Å². The molecule has 0 nitrogen and oxygen atoms in total. The summed E-state index contributed by atoms with van der Waals surface area (Å²) in [4.78, 5) is 0. The quantitative estimate of drug-likeness (QED) is 0.166. The first kappa shape index (κ1) is 28.2. The van der Waals surface area contributed by atoms with E-state index in [1.165, 1.54) is 26.8 Å². The van der Waals surface area contributed by atoms with Crippen molar-refractivity contribution in [2.75, 3.05) is 5.79 Å². The molecule has 0 atom stereocenters. The van der Waals surface area contributed by atoms with Gasteiger partial charge in [-0.15, -0.1) is 0 Å². The average Bonchev–Trinajstić information content (AvgIpc) is 2.82. The first-order valence-electron chi connectivity index (χ1n) is 10.2. The average molecular weight is 547 g/mol. The number of benzene rings is 4. The van der Waals surface area contributed by atoms with Crippen LogP contribution in [0.25, 0.3) is 0 Å². The standard InChI is InChI=1S/C27H26PSi.2CH3.Pd/c1-2-29(26-19-11-5-12-20-26,27-21-13-6-14-22-27)23-28(24-15-7-3-8-16-24)25-17-9-4-10-18-25;;;/h3-22H,1-2,23H2;2*1H3;/q3*-1;/p+1. The monoisotopic (exact) mass is 546 g/mol. The Kier molecular flexibility index (Phi) is 12.1. The third-order valence-electron chi connectivity index (χ3n) is 5.80. The molecule has 32 heavy (non-hydrogen) atoms. The summed E-state index contributed by atoms with van der Waals surface area (Å²) in [6.07, 6.45) is 0. The summed E-state index contributed by atoms with van der Waals surface area (Å²) in [6, 6.07) is 45.5. The molecule has 0 radical (unpaired) electrons. The van der Waals surface area contributed by atoms with E-state index >= 15 is 0 Å². The molecule has 0 saturated carbocycles. The molecule has 0 bridgehead atoms. The van der Waals surface area contributed by atoms with Crippen LogP contribution in [0, 0.1) is 21.8 Å². The van der Waals surface area contributed by atoms with Gasteiger partial charge in [0.2, 0.25) is 0 Å². The largest absolute Gasteiger partial charge is 0.358 e. The molecular formula is C29H33PPdSi-2. The van der Waals surface area contributed by atoms with E-state index < -0.39 is 16.0 Å². The van der Waals surface area contributed by atoms with Gasteiger partial charge in [-0.05, 0) is 24.3 Å². The van der Waals surface area contributed by atoms with E-state index in [4.69, 9.17) is 0 Å². The van der Waals surface area contributed by atoms with E-state index in [1.807, 2.05) is 0 Å². The van der Waals surface area contributed by atoms with Gasteiger partial charge in [-0.1, -0.05) is 107 Å². The van der Waals surface area contributed by atoms with Crippen LogP contribution in [-0.2, 0) is 20.4 Å². The predicted molar refractivity (Wildman–Crippen MR) is 146 cm³/mol. The zero-order chi connectivity index (χ0) is 19.9. The van der Waals surface area contributed by atoms with Crippen molar-refractivity contribution >= 4 is 37.0 Å². The number of rotatable bonds is 7. The van der Waals surface area contributed by atoms with E-state index in [0.717, 1.165) is 6.04 Å². The van der Waals surface area contributed by atoms with E-state index in [-0.39, 0.29) is 35.3 Å². The molecule has 0 N–H and O–H groups in total. The molecule has 0 fully saturated rings. The fourth-order valence-electron chi connectivity index (χ4n) is 4.21. The molecule has 4 rings (SSSR count). The third kappa shape index (κ3) is 6.15. The summed E-state index contributed by atoms with van der Waals surface area (Å²) in [5.74, 6) is 1.21. The minimum Gasteiger partial charge on any atom is -0.358 e. The molecule has 4 aromatic carbocycles. The zero-order valence-electron chi connectivity index (χ0n) is 19.0. The van der Waals surface area contributed by atoms with Crippen LogP contribution in [-0.4, -0.2) is 13.9 Å². The smallest absolute Gasteiger partial charge is 0.131 e. The minimum absolute atomic E-state index is 0. The van der Waals surface area contributed by atoms with Gasteiger partial charge in [-0.2, -0.15) is 6.04 Å². The third-order valence-corrected chi connectivity index (χ3v) is 15.4. The van der Waals surface area contributed by atoms with E-state index in [1.54, 1.807) is 0 Å². The van der Waals surface area contributed by atoms with Gasteiger partial charge in [0.1, 0.15) is 8.07 Å². The molecule has 3 heteroatoms. The van der Waals surface area contributed by atoms with Crippen LogP contribution in [0.1, 0.15) is 0 Å². The second kappa shape index (κ2) is 13.7. The van der Waals surface area contributed by atoms with Gasteiger partial charge in [0, 0.05) is 20.4 Å². The summed E-state index contributed by atoms with van der Waals surface area (Å²) >= 11 is 0. The number of hydrogen-bond acceptors (Lipinski definition) is 0. The molecule has 0 unspecified atom stereocenters. The van der Waals surface area contributed by atoms with E-state index in [9.17, 15) is 0 Å². The second-order valence-electron chi connectivity index (χ2n) is 7.45. The molecule has 0 aliphatic rings. The Bertz CT molecular complexity index is 929. The molecular weight excluding hydrogens is 514 g/mol. The maximum absolute atomic E-state index is 4.53. The van der Waals surface area contributed by atoms with E-state index in [0.29, 0.717) is 0 Å². The van der Waals surface area contributed by atoms with Crippen LogP contribution in [0.5, 0.6) is 0 Å². The van der Waals surface area contributed by atoms with Gasteiger partial charge in [0.15, 0.2) is 0 Å². The van der Waals surface area contributed by atoms with Crippen LogP contribution < -0.4 is 21.0 Å². The molecule has 0 aromatic heterocycles. The Morgan fingerprint density at radius 2 is 0.844 bits per heavy atom. The normalized spacial score (nSPS) is 10.4. The summed E-state index contributed by atoms with van der Waals surface area (Å²) < 4.78 is 0. The predicted octanol–water partition coefficient (Wildman–Crippen LogP) is 5.39. The van der Waals surface area contributed by atoms with Crippen molar-refractivity contribution in [1.82, 2.24) is 0 Å². The Morgan fingerprint density at radius 3 is 1.16 bits per heavy atom. The molecule has 0 saturated heterocycles. The Morgan fingerprint density at radius 1 is 0.531 bits per heavy atom. The van der Waals surface area contributed by atoms with Crippen LogP contribution >= 0.6 is 7.92 Å². The molecule has 0 amide bonds. The zero-order valence-corrected chi connectivity index (χ0v) is 22.5. The van der Waals surface area contributed by atoms with Crippen molar-refractivity contribution in [3.05, 3.63) is 143 Å². The van der Waals surface area contributed by atoms with Crippen LogP contribution in [0.4, 0.5) is 0 Å². The van der Waals surface area contributed by atoms with Crippen molar-refractivity contribution in [2.24, 2.45) is 0 Å². The van der Waals surface area contributed by atoms with Crippen LogP contribution in [0.2, 0.25) is 6.04 Å². The Balaban J connectivity index is 0.00000171. The first-order valence-corrected chi connectivity index (χ1v) is 14.3. The molecule has 0 spiro atoms. The van der Waals surface area contributed by atoms with Gasteiger partial charge in [0.25, 0.3) is 0 Å². The number of hydrogen-bond donors (Lipinski definition) is 0. The summed E-state index contributed by atoms with van der Waals surface area (Å²) in [5.41, 5.74) is 0. The second-order valence-corrected chi connectivity index (χ2v) is 14.8. The molecule has 0 aliphatic carbocycles. The van der Waals surface area contributed by atoms with Gasteiger partial charge in [0.05, 0.1) is 24.3 Å². The fourth-order valence-corrected chi connectivity index (χ4v) is 14.7. The maximum atomic E-state index is 4.53. The van der Waals surface area contributed by atoms with Crippen LogP contribution in [0.3, 0.4) is 0 Å². The van der Waals surface area contributed by atoms with Crippen molar-refractivity contribution in [3.63, 3.8) is 0 Å². The van der Waals surface area contributed by atoms with Crippen molar-refractivity contribution in [1.29, 1.82) is 0 Å². The van der Waals surface area contributed by atoms with Crippen LogP contribution in [0.15, 0.2) is 121 Å². The van der Waals surface area contributed by atoms with Gasteiger partial charge < -0.3 is 21.8 Å². The fraction of sp³-hybridized carbons (Fsp3) is 0.0690. The summed E-state index contributed by atoms with van der Waals surface area (Å²) in [5, 5.41) is 5.97. The Hall–Kier alpha value is -1.81. The van der Waals surface area contributed by atoms with Crippen molar-refractivity contribution in [2.45, 2.75) is 6.04 Å². The molecule has 0 heterocycles. The van der Waals surface area contributed by atoms with E-state index in [2.05, 4.69) is 128 Å². The molecule has 0 aliphatic heterocycles. The first-order chi connectivity index (χ1) is 14.3. The Labute approximate surface area is 211 Å². The van der Waals surface area contributed by atoms with Gasteiger partial charge >= 0.3 is 0 Å². The van der Waals surface area contributed by atoms with Crippen molar-refractivity contribution < 1.29 is 20.4 Å². The van der Waals surface area contributed by atoms with Crippen molar-refractivity contribution in [3.8, 4) is 0 Å². The summed E-state index contributed by atoms with van der Waals surface area (Å²) in [7, 11) is -2.96. The SMILES string of the molecule is [CH2-]C[Si](C[PH+](c1ccccc1)c1ccccc1)(c1ccccc1)c1ccccc1.[CH3-].[CH3-].[Pd].